The lowest BCUT2D eigenvalue weighted by atomic mass is 9.83. The normalized spacial score (nSPS) is 11.0. The number of amides is 3. The van der Waals surface area contributed by atoms with Crippen LogP contribution in [0, 0.1) is 0 Å². The summed E-state index contributed by atoms with van der Waals surface area (Å²) in [4.78, 5) is 43.0. The Kier molecular flexibility index (Phi) is 7.68. The highest BCUT2D eigenvalue weighted by molar-refractivity contribution is 6.30. The topological polar surface area (TPSA) is 91.4 Å². The number of nitrogens with one attached hydrogen (secondary N) is 2. The SMILES string of the molecule is CC(=O)N(C)CC(C)(C)c1ccc(C(=O)Nc2ccccc2C(=O)Nc2ccc(Cl)cn2)cc1. The van der Waals surface area contributed by atoms with Gasteiger partial charge in [0.15, 0.2) is 0 Å². The van der Waals surface area contributed by atoms with Crippen LogP contribution < -0.4 is 10.6 Å². The van der Waals surface area contributed by atoms with Crippen molar-refractivity contribution in [2.75, 3.05) is 24.2 Å². The fraction of sp³-hybridized carbons (Fsp3) is 0.231. The smallest absolute Gasteiger partial charge is 0.258 e. The summed E-state index contributed by atoms with van der Waals surface area (Å²) in [6.07, 6.45) is 1.44. The molecule has 0 saturated heterocycles. The van der Waals surface area contributed by atoms with E-state index in [1.54, 1.807) is 60.5 Å². The quantitative estimate of drug-likeness (QED) is 0.500. The third-order valence-electron chi connectivity index (χ3n) is 5.49. The second-order valence-electron chi connectivity index (χ2n) is 8.65. The third kappa shape index (κ3) is 6.20. The van der Waals surface area contributed by atoms with E-state index in [1.165, 1.54) is 13.1 Å². The molecule has 0 aliphatic heterocycles. The molecule has 0 aliphatic carbocycles. The molecule has 34 heavy (non-hydrogen) atoms. The molecular formula is C26H27ClN4O3. The van der Waals surface area contributed by atoms with Crippen LogP contribution in [-0.2, 0) is 10.2 Å². The average Bonchev–Trinajstić information content (AvgIpc) is 2.80. The Hall–Kier alpha value is -3.71. The fourth-order valence-electron chi connectivity index (χ4n) is 3.49. The zero-order chi connectivity index (χ0) is 24.9. The molecule has 7 nitrogen and oxygen atoms in total. The predicted octanol–water partition coefficient (Wildman–Crippen LogP) is 5.00. The van der Waals surface area contributed by atoms with Crippen LogP contribution in [-0.4, -0.2) is 41.2 Å². The summed E-state index contributed by atoms with van der Waals surface area (Å²) < 4.78 is 0. The number of rotatable bonds is 7. The Labute approximate surface area is 204 Å². The van der Waals surface area contributed by atoms with Crippen LogP contribution in [0.3, 0.4) is 0 Å². The molecule has 1 aromatic heterocycles. The van der Waals surface area contributed by atoms with Gasteiger partial charge in [0, 0.05) is 37.7 Å². The largest absolute Gasteiger partial charge is 0.345 e. The second-order valence-corrected chi connectivity index (χ2v) is 9.09. The summed E-state index contributed by atoms with van der Waals surface area (Å²) in [5.41, 5.74) is 1.86. The Balaban J connectivity index is 1.73. The van der Waals surface area contributed by atoms with Crippen molar-refractivity contribution in [3.63, 3.8) is 0 Å². The summed E-state index contributed by atoms with van der Waals surface area (Å²) >= 11 is 5.84. The van der Waals surface area contributed by atoms with Crippen molar-refractivity contribution in [2.24, 2.45) is 0 Å². The number of nitrogens with zero attached hydrogens (tertiary/aromatic N) is 2. The average molecular weight is 479 g/mol. The van der Waals surface area contributed by atoms with Crippen molar-refractivity contribution in [1.82, 2.24) is 9.88 Å². The minimum Gasteiger partial charge on any atom is -0.345 e. The van der Waals surface area contributed by atoms with Gasteiger partial charge in [-0.3, -0.25) is 14.4 Å². The first-order valence-electron chi connectivity index (χ1n) is 10.7. The molecule has 0 fully saturated rings. The first-order valence-corrected chi connectivity index (χ1v) is 11.1. The summed E-state index contributed by atoms with van der Waals surface area (Å²) in [7, 11) is 1.77. The number of carbonyl (C=O) groups is 3. The maximum absolute atomic E-state index is 12.9. The van der Waals surface area contributed by atoms with Crippen LogP contribution in [0.2, 0.25) is 5.02 Å². The molecule has 3 aromatic rings. The molecule has 0 aliphatic rings. The van der Waals surface area contributed by atoms with Crippen LogP contribution in [0.4, 0.5) is 11.5 Å². The lowest BCUT2D eigenvalue weighted by Gasteiger charge is -2.30. The molecule has 0 spiro atoms. The summed E-state index contributed by atoms with van der Waals surface area (Å²) in [5, 5.41) is 5.98. The summed E-state index contributed by atoms with van der Waals surface area (Å²) in [5.74, 6) is -0.393. The van der Waals surface area contributed by atoms with Crippen molar-refractivity contribution in [2.45, 2.75) is 26.2 Å². The maximum atomic E-state index is 12.9. The first-order chi connectivity index (χ1) is 16.1. The number of hydrogen-bond acceptors (Lipinski definition) is 4. The number of para-hydroxylation sites is 1. The van der Waals surface area contributed by atoms with Crippen LogP contribution in [0.25, 0.3) is 0 Å². The van der Waals surface area contributed by atoms with E-state index in [0.29, 0.717) is 34.2 Å². The Morgan fingerprint density at radius 3 is 2.24 bits per heavy atom. The number of benzene rings is 2. The molecule has 1 heterocycles. The highest BCUT2D eigenvalue weighted by Crippen LogP contribution is 2.25. The van der Waals surface area contributed by atoms with Gasteiger partial charge in [-0.25, -0.2) is 4.98 Å². The van der Waals surface area contributed by atoms with Gasteiger partial charge in [-0.05, 0) is 42.0 Å². The predicted molar refractivity (Wildman–Crippen MR) is 134 cm³/mol. The van der Waals surface area contributed by atoms with Gasteiger partial charge in [0.05, 0.1) is 16.3 Å². The highest BCUT2D eigenvalue weighted by atomic mass is 35.5. The fourth-order valence-corrected chi connectivity index (χ4v) is 3.60. The van der Waals surface area contributed by atoms with Crippen LogP contribution in [0.15, 0.2) is 66.9 Å². The van der Waals surface area contributed by atoms with E-state index in [2.05, 4.69) is 15.6 Å². The third-order valence-corrected chi connectivity index (χ3v) is 5.71. The zero-order valence-corrected chi connectivity index (χ0v) is 20.3. The lowest BCUT2D eigenvalue weighted by Crippen LogP contribution is -2.37. The molecule has 0 unspecified atom stereocenters. The molecule has 2 aromatic carbocycles. The second kappa shape index (κ2) is 10.5. The standard InChI is InChI=1S/C26H27ClN4O3/c1-17(32)31(4)16-26(2,3)19-11-9-18(10-12-19)24(33)29-22-8-6-5-7-21(22)25(34)30-23-14-13-20(27)15-28-23/h5-15H,16H2,1-4H3,(H,29,33)(H,28,30,34). The molecule has 2 N–H and O–H groups in total. The molecule has 8 heteroatoms. The molecule has 0 bridgehead atoms. The molecule has 0 atom stereocenters. The molecule has 176 valence electrons. The van der Waals surface area contributed by atoms with Gasteiger partial charge in [0.2, 0.25) is 5.91 Å². The van der Waals surface area contributed by atoms with E-state index in [1.807, 2.05) is 26.0 Å². The van der Waals surface area contributed by atoms with Crippen molar-refractivity contribution in [3.05, 3.63) is 88.6 Å². The number of anilines is 2. The van der Waals surface area contributed by atoms with E-state index >= 15 is 0 Å². The minimum atomic E-state index is -0.405. The van der Waals surface area contributed by atoms with Gasteiger partial charge >= 0.3 is 0 Å². The van der Waals surface area contributed by atoms with Gasteiger partial charge in [-0.2, -0.15) is 0 Å². The molecule has 3 amide bonds. The van der Waals surface area contributed by atoms with E-state index in [0.717, 1.165) is 5.56 Å². The summed E-state index contributed by atoms with van der Waals surface area (Å²) in [6, 6.07) is 17.2. The number of hydrogen-bond donors (Lipinski definition) is 2. The molecule has 0 saturated carbocycles. The van der Waals surface area contributed by atoms with Crippen molar-refractivity contribution < 1.29 is 14.4 Å². The van der Waals surface area contributed by atoms with Crippen molar-refractivity contribution in [3.8, 4) is 0 Å². The number of halogens is 1. The van der Waals surface area contributed by atoms with Gasteiger partial charge in [-0.1, -0.05) is 49.7 Å². The highest BCUT2D eigenvalue weighted by Gasteiger charge is 2.24. The van der Waals surface area contributed by atoms with E-state index < -0.39 is 5.91 Å². The lowest BCUT2D eigenvalue weighted by molar-refractivity contribution is -0.128. The van der Waals surface area contributed by atoms with Crippen molar-refractivity contribution in [1.29, 1.82) is 0 Å². The Morgan fingerprint density at radius 1 is 0.941 bits per heavy atom. The monoisotopic (exact) mass is 478 g/mol. The van der Waals surface area contributed by atoms with Crippen LogP contribution in [0.5, 0.6) is 0 Å². The molecular weight excluding hydrogens is 452 g/mol. The Morgan fingerprint density at radius 2 is 1.62 bits per heavy atom. The number of aromatic nitrogens is 1. The zero-order valence-electron chi connectivity index (χ0n) is 19.6. The number of pyridine rings is 1. The van der Waals surface area contributed by atoms with E-state index in [9.17, 15) is 14.4 Å². The Bertz CT molecular complexity index is 1190. The van der Waals surface area contributed by atoms with Crippen LogP contribution >= 0.6 is 11.6 Å². The van der Waals surface area contributed by atoms with E-state index in [4.69, 9.17) is 11.6 Å². The van der Waals surface area contributed by atoms with Crippen LogP contribution in [0.1, 0.15) is 47.1 Å². The molecule has 0 radical (unpaired) electrons. The minimum absolute atomic E-state index is 0.00128. The van der Waals surface area contributed by atoms with Gasteiger partial charge < -0.3 is 15.5 Å². The molecule has 3 rings (SSSR count). The summed E-state index contributed by atoms with van der Waals surface area (Å²) in [6.45, 7) is 6.18. The maximum Gasteiger partial charge on any atom is 0.258 e. The van der Waals surface area contributed by atoms with Gasteiger partial charge in [0.25, 0.3) is 11.8 Å². The first kappa shape index (κ1) is 24.9. The number of carbonyl (C=O) groups excluding carboxylic acids is 3. The van der Waals surface area contributed by atoms with Gasteiger partial charge in [-0.15, -0.1) is 0 Å². The number of likely N-dealkylation sites (N-methyl/N-ethyl adjacent to an activating group) is 1. The van der Waals surface area contributed by atoms with E-state index in [-0.39, 0.29) is 17.2 Å². The van der Waals surface area contributed by atoms with Gasteiger partial charge in [0.1, 0.15) is 5.82 Å². The van der Waals surface area contributed by atoms with Crippen molar-refractivity contribution >= 4 is 40.8 Å².